The van der Waals surface area contributed by atoms with Crippen molar-refractivity contribution >= 4 is 45.3 Å². The Morgan fingerprint density at radius 3 is 2.66 bits per heavy atom. The molecule has 8 heteroatoms. The Morgan fingerprint density at radius 2 is 1.89 bits per heavy atom. The molecule has 196 valence electrons. The molecule has 3 aromatic carbocycles. The minimum atomic E-state index is -0.571. The van der Waals surface area contributed by atoms with Gasteiger partial charge in [0.15, 0.2) is 5.82 Å². The molecule has 1 aromatic heterocycles. The number of carbonyl (C=O) groups excluding carboxylic acids is 2. The second-order valence-corrected chi connectivity index (χ2v) is 9.77. The number of anilines is 1. The molecule has 1 amide bonds. The van der Waals surface area contributed by atoms with Crippen molar-refractivity contribution in [3.63, 3.8) is 0 Å². The van der Waals surface area contributed by atoms with Crippen molar-refractivity contribution in [1.82, 2.24) is 9.78 Å². The first-order valence-corrected chi connectivity index (χ1v) is 12.8. The normalized spacial score (nSPS) is 14.4. The molecule has 0 aliphatic heterocycles. The first-order chi connectivity index (χ1) is 18.4. The van der Waals surface area contributed by atoms with Gasteiger partial charge in [-0.25, -0.2) is 13.6 Å². The van der Waals surface area contributed by atoms with Crippen LogP contribution in [-0.4, -0.2) is 28.8 Å². The third kappa shape index (κ3) is 5.03. The molecule has 38 heavy (non-hydrogen) atoms. The maximum Gasteiger partial charge on any atom is 0.330 e. The van der Waals surface area contributed by atoms with Gasteiger partial charge in [-0.05, 0) is 59.7 Å². The van der Waals surface area contributed by atoms with Gasteiger partial charge in [-0.1, -0.05) is 37.5 Å². The Morgan fingerprint density at radius 1 is 1.11 bits per heavy atom. The number of nitrogens with zero attached hydrogens (tertiary/aromatic N) is 3. The van der Waals surface area contributed by atoms with E-state index in [4.69, 9.17) is 0 Å². The Balaban J connectivity index is 1.62. The SMILES string of the molecule is COC(=O)/C=C/c1cc(F)cc(N(Cc2cccc3cc4cnn(C)c4c(F)c23)C(=O)C2CCCCC2)c1. The number of aromatic nitrogens is 2. The van der Waals surface area contributed by atoms with Crippen LogP contribution < -0.4 is 4.90 Å². The Labute approximate surface area is 219 Å². The maximum absolute atomic E-state index is 15.9. The average Bonchev–Trinajstić information content (AvgIpc) is 3.30. The fourth-order valence-electron chi connectivity index (χ4n) is 5.37. The molecule has 0 N–H and O–H groups in total. The lowest BCUT2D eigenvalue weighted by Crippen LogP contribution is -2.37. The highest BCUT2D eigenvalue weighted by molar-refractivity contribution is 6.00. The highest BCUT2D eigenvalue weighted by Crippen LogP contribution is 2.33. The summed E-state index contributed by atoms with van der Waals surface area (Å²) >= 11 is 0. The molecule has 0 atom stereocenters. The van der Waals surface area contributed by atoms with Crippen LogP contribution in [0.2, 0.25) is 0 Å². The number of esters is 1. The third-order valence-corrected chi connectivity index (χ3v) is 7.27. The van der Waals surface area contributed by atoms with Crippen LogP contribution >= 0.6 is 0 Å². The standard InChI is InChI=1S/C30H29F2N3O3/c1-34-29-23(17-33-34)15-21-9-6-10-22(27(21)28(29)32)18-35(30(37)20-7-4-3-5-8-20)25-14-19(13-24(31)16-25)11-12-26(36)38-2/h6,9-17,20H,3-5,7-8,18H2,1-2H3/b12-11+. The molecule has 0 saturated heterocycles. The van der Waals surface area contributed by atoms with E-state index in [0.717, 1.165) is 32.1 Å². The summed E-state index contributed by atoms with van der Waals surface area (Å²) in [5.74, 6) is -1.83. The largest absolute Gasteiger partial charge is 0.466 e. The van der Waals surface area contributed by atoms with Gasteiger partial charge in [0.05, 0.1) is 19.9 Å². The van der Waals surface area contributed by atoms with Crippen LogP contribution in [-0.2, 0) is 27.9 Å². The van der Waals surface area contributed by atoms with E-state index in [1.807, 2.05) is 18.2 Å². The molecule has 0 unspecified atom stereocenters. The van der Waals surface area contributed by atoms with Crippen LogP contribution in [0.3, 0.4) is 0 Å². The van der Waals surface area contributed by atoms with Gasteiger partial charge < -0.3 is 9.64 Å². The van der Waals surface area contributed by atoms with Crippen molar-refractivity contribution in [2.75, 3.05) is 12.0 Å². The molecular formula is C30H29F2N3O3. The van der Waals surface area contributed by atoms with Crippen molar-refractivity contribution in [2.45, 2.75) is 38.6 Å². The van der Waals surface area contributed by atoms with E-state index in [-0.39, 0.29) is 18.4 Å². The predicted octanol–water partition coefficient (Wildman–Crippen LogP) is 6.30. The van der Waals surface area contributed by atoms with Crippen molar-refractivity contribution in [3.8, 4) is 0 Å². The summed E-state index contributed by atoms with van der Waals surface area (Å²) in [6.45, 7) is 0.0660. The van der Waals surface area contributed by atoms with Gasteiger partial charge in [0.1, 0.15) is 11.3 Å². The van der Waals surface area contributed by atoms with Gasteiger partial charge in [-0.3, -0.25) is 9.48 Å². The lowest BCUT2D eigenvalue weighted by atomic mass is 9.88. The van der Waals surface area contributed by atoms with Gasteiger partial charge in [0, 0.05) is 35.5 Å². The molecule has 0 bridgehead atoms. The molecule has 1 aliphatic rings. The number of hydrogen-bond donors (Lipinski definition) is 0. The predicted molar refractivity (Wildman–Crippen MR) is 143 cm³/mol. The molecule has 1 aliphatic carbocycles. The van der Waals surface area contributed by atoms with Gasteiger partial charge in [0.25, 0.3) is 0 Å². The monoisotopic (exact) mass is 517 g/mol. The molecule has 5 rings (SSSR count). The molecule has 0 spiro atoms. The van der Waals surface area contributed by atoms with Crippen LogP contribution in [0.5, 0.6) is 0 Å². The number of benzene rings is 3. The number of hydrogen-bond acceptors (Lipinski definition) is 4. The van der Waals surface area contributed by atoms with Crippen LogP contribution in [0.15, 0.2) is 54.7 Å². The number of methoxy groups -OCH3 is 1. The minimum absolute atomic E-state index is 0.0660. The molecule has 1 fully saturated rings. The molecule has 0 radical (unpaired) electrons. The zero-order chi connectivity index (χ0) is 26.8. The lowest BCUT2D eigenvalue weighted by molar-refractivity contribution is -0.134. The van der Waals surface area contributed by atoms with Crippen molar-refractivity contribution < 1.29 is 23.1 Å². The number of halogens is 2. The Bertz CT molecular complexity index is 1550. The van der Waals surface area contributed by atoms with Crippen LogP contribution in [0, 0.1) is 17.6 Å². The van der Waals surface area contributed by atoms with Crippen molar-refractivity contribution in [3.05, 3.63) is 77.5 Å². The summed E-state index contributed by atoms with van der Waals surface area (Å²) in [5, 5.41) is 6.00. The number of ether oxygens (including phenoxy) is 1. The van der Waals surface area contributed by atoms with Crippen molar-refractivity contribution in [2.24, 2.45) is 13.0 Å². The summed E-state index contributed by atoms with van der Waals surface area (Å²) in [4.78, 5) is 27.0. The summed E-state index contributed by atoms with van der Waals surface area (Å²) in [5.41, 5.74) is 1.76. The quantitative estimate of drug-likeness (QED) is 0.222. The van der Waals surface area contributed by atoms with Crippen LogP contribution in [0.25, 0.3) is 27.8 Å². The lowest BCUT2D eigenvalue weighted by Gasteiger charge is -2.30. The number of aryl methyl sites for hydroxylation is 1. The third-order valence-electron chi connectivity index (χ3n) is 7.27. The summed E-state index contributed by atoms with van der Waals surface area (Å²) in [6, 6.07) is 11.6. The van der Waals surface area contributed by atoms with Gasteiger partial charge in [-0.15, -0.1) is 0 Å². The Hall–Kier alpha value is -4.07. The second kappa shape index (κ2) is 10.7. The summed E-state index contributed by atoms with van der Waals surface area (Å²) in [7, 11) is 2.95. The zero-order valence-electron chi connectivity index (χ0n) is 21.4. The average molecular weight is 518 g/mol. The van der Waals surface area contributed by atoms with E-state index in [9.17, 15) is 14.0 Å². The zero-order valence-corrected chi connectivity index (χ0v) is 21.4. The smallest absolute Gasteiger partial charge is 0.330 e. The van der Waals surface area contributed by atoms with Crippen LogP contribution in [0.1, 0.15) is 43.2 Å². The first kappa shape index (κ1) is 25.6. The number of fused-ring (bicyclic) bond motifs is 2. The number of carbonyl (C=O) groups is 2. The first-order valence-electron chi connectivity index (χ1n) is 12.8. The van der Waals surface area contributed by atoms with Gasteiger partial charge in [-0.2, -0.15) is 5.10 Å². The number of amides is 1. The molecule has 1 heterocycles. The fraction of sp³-hybridized carbons (Fsp3) is 0.300. The molecule has 4 aromatic rings. The van der Waals surface area contributed by atoms with Gasteiger partial charge in [0.2, 0.25) is 5.91 Å². The van der Waals surface area contributed by atoms with Crippen molar-refractivity contribution in [1.29, 1.82) is 0 Å². The van der Waals surface area contributed by atoms with E-state index in [1.54, 1.807) is 30.3 Å². The molecule has 6 nitrogen and oxygen atoms in total. The van der Waals surface area contributed by atoms with E-state index >= 15 is 4.39 Å². The van der Waals surface area contributed by atoms with Crippen LogP contribution in [0.4, 0.5) is 14.5 Å². The summed E-state index contributed by atoms with van der Waals surface area (Å²) < 4.78 is 36.8. The Kier molecular flexibility index (Phi) is 7.22. The summed E-state index contributed by atoms with van der Waals surface area (Å²) in [6.07, 6.45) is 8.80. The fourth-order valence-corrected chi connectivity index (χ4v) is 5.37. The second-order valence-electron chi connectivity index (χ2n) is 9.77. The minimum Gasteiger partial charge on any atom is -0.466 e. The van der Waals surface area contributed by atoms with E-state index in [2.05, 4.69) is 9.84 Å². The highest BCUT2D eigenvalue weighted by Gasteiger charge is 2.28. The highest BCUT2D eigenvalue weighted by atomic mass is 19.1. The topological polar surface area (TPSA) is 64.4 Å². The number of rotatable bonds is 6. The molecular weight excluding hydrogens is 488 g/mol. The van der Waals surface area contributed by atoms with Gasteiger partial charge >= 0.3 is 5.97 Å². The van der Waals surface area contributed by atoms with E-state index < -0.39 is 17.6 Å². The van der Waals surface area contributed by atoms with E-state index in [0.29, 0.717) is 38.5 Å². The molecule has 1 saturated carbocycles. The van der Waals surface area contributed by atoms with E-state index in [1.165, 1.54) is 36.1 Å². The maximum atomic E-state index is 15.9.